The molecule has 2 saturated heterocycles. The van der Waals surface area contributed by atoms with E-state index in [-0.39, 0.29) is 25.2 Å². The SMILES string of the molecule is C=CCON1C(=O)N2C[C@H]1[C@@H](O)C[C@H]2CNC(=O)O. The minimum Gasteiger partial charge on any atom is -0.465 e. The van der Waals surface area contributed by atoms with Crippen LogP contribution in [0.2, 0.25) is 0 Å². The Bertz CT molecular complexity index is 389. The highest BCUT2D eigenvalue weighted by Crippen LogP contribution is 2.30. The lowest BCUT2D eigenvalue weighted by atomic mass is 9.98. The Balaban J connectivity index is 2.04. The lowest BCUT2D eigenvalue weighted by Gasteiger charge is -2.33. The van der Waals surface area contributed by atoms with E-state index in [0.29, 0.717) is 13.0 Å². The largest absolute Gasteiger partial charge is 0.465 e. The first-order chi connectivity index (χ1) is 9.04. The number of piperidine rings is 1. The average molecular weight is 271 g/mol. The lowest BCUT2D eigenvalue weighted by molar-refractivity contribution is -0.140. The third kappa shape index (κ3) is 2.64. The van der Waals surface area contributed by atoms with Crippen molar-refractivity contribution in [2.45, 2.75) is 24.6 Å². The molecule has 19 heavy (non-hydrogen) atoms. The maximum atomic E-state index is 12.1. The van der Waals surface area contributed by atoms with Crippen LogP contribution >= 0.6 is 0 Å². The van der Waals surface area contributed by atoms with Gasteiger partial charge in [-0.05, 0) is 6.42 Å². The van der Waals surface area contributed by atoms with Gasteiger partial charge in [0.15, 0.2) is 0 Å². The number of aliphatic hydroxyl groups is 1. The summed E-state index contributed by atoms with van der Waals surface area (Å²) in [5, 5.41) is 22.0. The summed E-state index contributed by atoms with van der Waals surface area (Å²) in [6, 6.07) is -1.11. The zero-order valence-electron chi connectivity index (χ0n) is 10.4. The number of urea groups is 1. The molecule has 0 aromatic heterocycles. The van der Waals surface area contributed by atoms with Crippen molar-refractivity contribution in [2.75, 3.05) is 19.7 Å². The van der Waals surface area contributed by atoms with E-state index in [1.54, 1.807) is 0 Å². The highest BCUT2D eigenvalue weighted by molar-refractivity contribution is 5.77. The molecule has 0 aliphatic carbocycles. The van der Waals surface area contributed by atoms with E-state index in [4.69, 9.17) is 9.94 Å². The van der Waals surface area contributed by atoms with Crippen LogP contribution < -0.4 is 5.32 Å². The van der Waals surface area contributed by atoms with Crippen LogP contribution in [0.5, 0.6) is 0 Å². The molecular weight excluding hydrogens is 254 g/mol. The first kappa shape index (κ1) is 13.6. The van der Waals surface area contributed by atoms with Crippen LogP contribution in [0, 0.1) is 0 Å². The molecule has 0 saturated carbocycles. The Labute approximate surface area is 110 Å². The minimum atomic E-state index is -1.15. The third-order valence-electron chi connectivity index (χ3n) is 3.34. The highest BCUT2D eigenvalue weighted by atomic mass is 16.7. The molecule has 2 aliphatic rings. The van der Waals surface area contributed by atoms with Crippen LogP contribution in [0.15, 0.2) is 12.7 Å². The molecule has 2 bridgehead atoms. The van der Waals surface area contributed by atoms with Gasteiger partial charge in [0.1, 0.15) is 6.04 Å². The van der Waals surface area contributed by atoms with Crippen molar-refractivity contribution < 1.29 is 24.6 Å². The second-order valence-corrected chi connectivity index (χ2v) is 4.56. The minimum absolute atomic E-state index is 0.0974. The van der Waals surface area contributed by atoms with Gasteiger partial charge < -0.3 is 20.4 Å². The number of fused-ring (bicyclic) bond motifs is 2. The molecule has 0 spiro atoms. The molecule has 0 aromatic carbocycles. The van der Waals surface area contributed by atoms with Crippen LogP contribution in [0.4, 0.5) is 9.59 Å². The van der Waals surface area contributed by atoms with Crippen LogP contribution in [-0.2, 0) is 4.84 Å². The molecule has 106 valence electrons. The zero-order valence-corrected chi connectivity index (χ0v) is 10.4. The van der Waals surface area contributed by atoms with Gasteiger partial charge in [-0.3, -0.25) is 4.84 Å². The first-order valence-corrected chi connectivity index (χ1v) is 6.03. The summed E-state index contributed by atoms with van der Waals surface area (Å²) < 4.78 is 0. The highest BCUT2D eigenvalue weighted by Gasteiger charge is 2.49. The monoisotopic (exact) mass is 271 g/mol. The molecule has 2 aliphatic heterocycles. The molecule has 2 fully saturated rings. The number of hydroxylamine groups is 2. The summed E-state index contributed by atoms with van der Waals surface area (Å²) in [4.78, 5) is 29.4. The average Bonchev–Trinajstić information content (AvgIpc) is 2.65. The van der Waals surface area contributed by atoms with Crippen LogP contribution in [-0.4, -0.2) is 70.2 Å². The molecule has 2 heterocycles. The fraction of sp³-hybridized carbons (Fsp3) is 0.636. The number of hydrogen-bond acceptors (Lipinski definition) is 4. The number of nitrogens with zero attached hydrogens (tertiary/aromatic N) is 2. The second-order valence-electron chi connectivity index (χ2n) is 4.56. The van der Waals surface area contributed by atoms with Gasteiger partial charge in [0.05, 0.1) is 18.8 Å². The predicted octanol–water partition coefficient (Wildman–Crippen LogP) is -0.389. The van der Waals surface area contributed by atoms with E-state index in [0.717, 1.165) is 5.06 Å². The van der Waals surface area contributed by atoms with E-state index < -0.39 is 18.2 Å². The van der Waals surface area contributed by atoms with E-state index in [9.17, 15) is 14.7 Å². The van der Waals surface area contributed by atoms with E-state index in [2.05, 4.69) is 11.9 Å². The van der Waals surface area contributed by atoms with Crippen LogP contribution in [0.25, 0.3) is 0 Å². The lowest BCUT2D eigenvalue weighted by Crippen LogP contribution is -2.51. The summed E-state index contributed by atoms with van der Waals surface area (Å²) in [7, 11) is 0. The van der Waals surface area contributed by atoms with E-state index in [1.165, 1.54) is 11.0 Å². The van der Waals surface area contributed by atoms with Crippen molar-refractivity contribution in [1.29, 1.82) is 0 Å². The molecule has 3 N–H and O–H groups in total. The Morgan fingerprint density at radius 3 is 3.00 bits per heavy atom. The number of aliphatic hydroxyl groups excluding tert-OH is 1. The predicted molar refractivity (Wildman–Crippen MR) is 64.3 cm³/mol. The summed E-state index contributed by atoms with van der Waals surface area (Å²) >= 11 is 0. The number of nitrogens with one attached hydrogen (secondary N) is 1. The maximum absolute atomic E-state index is 12.1. The van der Waals surface area contributed by atoms with Crippen molar-refractivity contribution in [3.05, 3.63) is 12.7 Å². The molecule has 3 amide bonds. The molecule has 2 rings (SSSR count). The molecule has 0 aromatic rings. The Kier molecular flexibility index (Phi) is 3.91. The zero-order chi connectivity index (χ0) is 14.0. The van der Waals surface area contributed by atoms with Gasteiger partial charge in [-0.2, -0.15) is 5.06 Å². The van der Waals surface area contributed by atoms with Gasteiger partial charge in [-0.25, -0.2) is 9.59 Å². The molecule has 8 nitrogen and oxygen atoms in total. The van der Waals surface area contributed by atoms with Gasteiger partial charge in [0.2, 0.25) is 0 Å². The molecule has 0 unspecified atom stereocenters. The topological polar surface area (TPSA) is 102 Å². The fourth-order valence-electron chi connectivity index (χ4n) is 2.45. The van der Waals surface area contributed by atoms with Gasteiger partial charge >= 0.3 is 12.1 Å². The number of rotatable bonds is 5. The van der Waals surface area contributed by atoms with Crippen molar-refractivity contribution in [2.24, 2.45) is 0 Å². The quantitative estimate of drug-likeness (QED) is 0.591. The summed E-state index contributed by atoms with van der Waals surface area (Å²) in [5.74, 6) is 0. The summed E-state index contributed by atoms with van der Waals surface area (Å²) in [6.07, 6.45) is -0.0399. The van der Waals surface area contributed by atoms with Crippen molar-refractivity contribution in [3.8, 4) is 0 Å². The first-order valence-electron chi connectivity index (χ1n) is 6.03. The van der Waals surface area contributed by atoms with Crippen molar-refractivity contribution >= 4 is 12.1 Å². The van der Waals surface area contributed by atoms with Gasteiger partial charge in [-0.1, -0.05) is 6.08 Å². The molecule has 3 atom stereocenters. The third-order valence-corrected chi connectivity index (χ3v) is 3.34. The van der Waals surface area contributed by atoms with Crippen molar-refractivity contribution in [3.63, 3.8) is 0 Å². The Morgan fingerprint density at radius 1 is 1.63 bits per heavy atom. The number of carboxylic acid groups (broad SMARTS) is 1. The molecular formula is C11H17N3O5. The van der Waals surface area contributed by atoms with E-state index >= 15 is 0 Å². The summed E-state index contributed by atoms with van der Waals surface area (Å²) in [5.41, 5.74) is 0. The maximum Gasteiger partial charge on any atom is 0.404 e. The van der Waals surface area contributed by atoms with Crippen LogP contribution in [0.3, 0.4) is 0 Å². The number of hydrogen-bond donors (Lipinski definition) is 3. The van der Waals surface area contributed by atoms with Gasteiger partial charge in [0, 0.05) is 13.1 Å². The van der Waals surface area contributed by atoms with Crippen LogP contribution in [0.1, 0.15) is 6.42 Å². The normalized spacial score (nSPS) is 29.5. The molecule has 8 heteroatoms. The second kappa shape index (κ2) is 5.45. The van der Waals surface area contributed by atoms with Gasteiger partial charge in [-0.15, -0.1) is 6.58 Å². The fourth-order valence-corrected chi connectivity index (χ4v) is 2.45. The number of amides is 3. The Hall–Kier alpha value is -1.80. The van der Waals surface area contributed by atoms with Crippen molar-refractivity contribution in [1.82, 2.24) is 15.3 Å². The Morgan fingerprint density at radius 2 is 2.37 bits per heavy atom. The van der Waals surface area contributed by atoms with E-state index in [1.807, 2.05) is 0 Å². The number of carbonyl (C=O) groups is 2. The smallest absolute Gasteiger partial charge is 0.404 e. The molecule has 0 radical (unpaired) electrons. The standard InChI is InChI=1S/C11H17N3O5/c1-2-3-19-14-8-6-13(11(14)18)7(4-9(8)15)5-12-10(16)17/h2,7-9,12,15H,1,3-6H2,(H,16,17)/t7-,8-,9-/m0/s1. The number of carbonyl (C=O) groups excluding carboxylic acids is 1. The summed E-state index contributed by atoms with van der Waals surface area (Å²) in [6.45, 7) is 4.12. The van der Waals surface area contributed by atoms with Gasteiger partial charge in [0.25, 0.3) is 0 Å².